The van der Waals surface area contributed by atoms with Crippen LogP contribution in [0.5, 0.6) is 0 Å². The summed E-state index contributed by atoms with van der Waals surface area (Å²) in [5.74, 6) is 1.97. The standard InChI is InChI=1S/C15H25NO4/c1-8-11(4)19-13(17)12(9-10(2)3)16-14(18)20-15(5,6)7/h1,10-12H,9H2,2-7H3,(H,16,18)/t11?,12-/m0/s1. The molecule has 0 saturated heterocycles. The Labute approximate surface area is 121 Å². The number of terminal acetylenes is 1. The summed E-state index contributed by atoms with van der Waals surface area (Å²) in [4.78, 5) is 23.7. The third-order valence-corrected chi connectivity index (χ3v) is 2.21. The van der Waals surface area contributed by atoms with Crippen LogP contribution in [0.3, 0.4) is 0 Å². The number of nitrogens with one attached hydrogen (secondary N) is 1. The lowest BCUT2D eigenvalue weighted by molar-refractivity contribution is -0.148. The summed E-state index contributed by atoms with van der Waals surface area (Å²) in [5.41, 5.74) is -0.623. The first-order valence-corrected chi connectivity index (χ1v) is 6.71. The average Bonchev–Trinajstić information content (AvgIpc) is 2.24. The van der Waals surface area contributed by atoms with E-state index in [-0.39, 0.29) is 5.92 Å². The predicted molar refractivity (Wildman–Crippen MR) is 77.0 cm³/mol. The zero-order chi connectivity index (χ0) is 15.9. The topological polar surface area (TPSA) is 64.6 Å². The summed E-state index contributed by atoms with van der Waals surface area (Å²) in [6.45, 7) is 10.7. The highest BCUT2D eigenvalue weighted by Crippen LogP contribution is 2.11. The van der Waals surface area contributed by atoms with Gasteiger partial charge in [-0.25, -0.2) is 9.59 Å². The lowest BCUT2D eigenvalue weighted by Gasteiger charge is -2.24. The number of carbonyl (C=O) groups excluding carboxylic acids is 2. The number of rotatable bonds is 5. The molecule has 114 valence electrons. The average molecular weight is 283 g/mol. The number of esters is 1. The quantitative estimate of drug-likeness (QED) is 0.622. The fourth-order valence-corrected chi connectivity index (χ4v) is 1.43. The van der Waals surface area contributed by atoms with Crippen molar-refractivity contribution in [2.45, 2.75) is 65.7 Å². The molecular weight excluding hydrogens is 258 g/mol. The highest BCUT2D eigenvalue weighted by atomic mass is 16.6. The van der Waals surface area contributed by atoms with Crippen LogP contribution in [0.2, 0.25) is 0 Å². The molecule has 0 spiro atoms. The second kappa shape index (κ2) is 7.78. The number of amides is 1. The Hall–Kier alpha value is -1.70. The van der Waals surface area contributed by atoms with Gasteiger partial charge in [-0.15, -0.1) is 6.42 Å². The highest BCUT2D eigenvalue weighted by molar-refractivity contribution is 5.81. The van der Waals surface area contributed by atoms with Crippen molar-refractivity contribution in [1.29, 1.82) is 0 Å². The number of carbonyl (C=O) groups is 2. The minimum absolute atomic E-state index is 0.212. The van der Waals surface area contributed by atoms with Crippen molar-refractivity contribution in [3.8, 4) is 12.3 Å². The van der Waals surface area contributed by atoms with Gasteiger partial charge in [0.05, 0.1) is 0 Å². The minimum Gasteiger partial charge on any atom is -0.448 e. The van der Waals surface area contributed by atoms with Gasteiger partial charge in [0.1, 0.15) is 11.6 Å². The van der Waals surface area contributed by atoms with Crippen LogP contribution in [0.4, 0.5) is 4.79 Å². The van der Waals surface area contributed by atoms with E-state index < -0.39 is 29.8 Å². The number of hydrogen-bond acceptors (Lipinski definition) is 4. The molecule has 0 aliphatic rings. The summed E-state index contributed by atoms with van der Waals surface area (Å²) >= 11 is 0. The number of alkyl carbamates (subject to hydrolysis) is 1. The Kier molecular flexibility index (Phi) is 7.12. The van der Waals surface area contributed by atoms with E-state index in [0.29, 0.717) is 6.42 Å². The molecule has 20 heavy (non-hydrogen) atoms. The zero-order valence-electron chi connectivity index (χ0n) is 13.1. The summed E-state index contributed by atoms with van der Waals surface area (Å²) < 4.78 is 10.2. The van der Waals surface area contributed by atoms with E-state index in [1.54, 1.807) is 27.7 Å². The van der Waals surface area contributed by atoms with Crippen molar-refractivity contribution < 1.29 is 19.1 Å². The van der Waals surface area contributed by atoms with Crippen LogP contribution >= 0.6 is 0 Å². The number of hydrogen-bond donors (Lipinski definition) is 1. The Balaban J connectivity index is 4.69. The molecule has 0 fully saturated rings. The summed E-state index contributed by atoms with van der Waals surface area (Å²) in [6.07, 6.45) is 4.35. The second-order valence-corrected chi connectivity index (χ2v) is 6.07. The van der Waals surface area contributed by atoms with Gasteiger partial charge in [0, 0.05) is 0 Å². The maximum atomic E-state index is 12.0. The van der Waals surface area contributed by atoms with E-state index in [2.05, 4.69) is 11.2 Å². The van der Waals surface area contributed by atoms with Crippen molar-refractivity contribution in [1.82, 2.24) is 5.32 Å². The summed E-state index contributed by atoms with van der Waals surface area (Å²) in [6, 6.07) is -0.763. The normalized spacial score (nSPS) is 14.1. The van der Waals surface area contributed by atoms with Gasteiger partial charge >= 0.3 is 12.1 Å². The molecule has 0 aliphatic heterocycles. The first-order chi connectivity index (χ1) is 9.05. The van der Waals surface area contributed by atoms with Gasteiger partial charge in [-0.1, -0.05) is 19.8 Å². The van der Waals surface area contributed by atoms with Crippen LogP contribution in [0, 0.1) is 18.3 Å². The van der Waals surface area contributed by atoms with E-state index in [0.717, 1.165) is 0 Å². The van der Waals surface area contributed by atoms with Crippen LogP contribution in [0.15, 0.2) is 0 Å². The van der Waals surface area contributed by atoms with Crippen molar-refractivity contribution in [2.24, 2.45) is 5.92 Å². The van der Waals surface area contributed by atoms with Gasteiger partial charge in [0.15, 0.2) is 6.10 Å². The molecule has 0 aromatic carbocycles. The first kappa shape index (κ1) is 18.3. The smallest absolute Gasteiger partial charge is 0.408 e. The zero-order valence-corrected chi connectivity index (χ0v) is 13.1. The molecule has 0 saturated carbocycles. The van der Waals surface area contributed by atoms with E-state index >= 15 is 0 Å². The Morgan fingerprint density at radius 1 is 1.25 bits per heavy atom. The van der Waals surface area contributed by atoms with Gasteiger partial charge in [-0.3, -0.25) is 0 Å². The Bertz CT molecular complexity index is 376. The fourth-order valence-electron chi connectivity index (χ4n) is 1.43. The monoisotopic (exact) mass is 283 g/mol. The van der Waals surface area contributed by atoms with Crippen molar-refractivity contribution in [2.75, 3.05) is 0 Å². The highest BCUT2D eigenvalue weighted by Gasteiger charge is 2.27. The lowest BCUT2D eigenvalue weighted by atomic mass is 10.0. The minimum atomic E-state index is -0.763. The van der Waals surface area contributed by atoms with E-state index in [1.807, 2.05) is 13.8 Å². The molecule has 0 aliphatic carbocycles. The molecule has 0 rings (SSSR count). The van der Waals surface area contributed by atoms with Gasteiger partial charge in [-0.2, -0.15) is 0 Å². The van der Waals surface area contributed by atoms with Crippen LogP contribution in [0.25, 0.3) is 0 Å². The molecule has 0 heterocycles. The van der Waals surface area contributed by atoms with Gasteiger partial charge in [0.2, 0.25) is 0 Å². The molecule has 1 N–H and O–H groups in total. The van der Waals surface area contributed by atoms with Gasteiger partial charge in [0.25, 0.3) is 0 Å². The maximum Gasteiger partial charge on any atom is 0.408 e. The van der Waals surface area contributed by atoms with Gasteiger partial charge < -0.3 is 14.8 Å². The first-order valence-electron chi connectivity index (χ1n) is 6.71. The SMILES string of the molecule is C#CC(C)OC(=O)[C@H](CC(C)C)NC(=O)OC(C)(C)C. The third-order valence-electron chi connectivity index (χ3n) is 2.21. The molecule has 1 unspecified atom stereocenters. The second-order valence-electron chi connectivity index (χ2n) is 6.07. The molecule has 0 aromatic rings. The van der Waals surface area contributed by atoms with E-state index in [1.165, 1.54) is 0 Å². The molecule has 0 bridgehead atoms. The molecular formula is C15H25NO4. The molecule has 5 nitrogen and oxygen atoms in total. The van der Waals surface area contributed by atoms with E-state index in [4.69, 9.17) is 15.9 Å². The van der Waals surface area contributed by atoms with Crippen LogP contribution in [0.1, 0.15) is 48.0 Å². The van der Waals surface area contributed by atoms with Crippen LogP contribution in [-0.2, 0) is 14.3 Å². The third kappa shape index (κ3) is 8.41. The molecule has 0 aromatic heterocycles. The number of ether oxygens (including phenoxy) is 2. The van der Waals surface area contributed by atoms with E-state index in [9.17, 15) is 9.59 Å². The molecule has 5 heteroatoms. The Morgan fingerprint density at radius 2 is 1.80 bits per heavy atom. The largest absolute Gasteiger partial charge is 0.448 e. The van der Waals surface area contributed by atoms with Crippen LogP contribution < -0.4 is 5.32 Å². The maximum absolute atomic E-state index is 12.0. The van der Waals surface area contributed by atoms with Crippen molar-refractivity contribution >= 4 is 12.1 Å². The van der Waals surface area contributed by atoms with Crippen LogP contribution in [-0.4, -0.2) is 29.8 Å². The predicted octanol–water partition coefficient (Wildman–Crippen LogP) is 2.49. The molecule has 2 atom stereocenters. The Morgan fingerprint density at radius 3 is 2.20 bits per heavy atom. The van der Waals surface area contributed by atoms with Gasteiger partial charge in [-0.05, 0) is 40.0 Å². The summed E-state index contributed by atoms with van der Waals surface area (Å²) in [7, 11) is 0. The summed E-state index contributed by atoms with van der Waals surface area (Å²) in [5, 5.41) is 2.53. The fraction of sp³-hybridized carbons (Fsp3) is 0.733. The van der Waals surface area contributed by atoms with Crippen molar-refractivity contribution in [3.63, 3.8) is 0 Å². The molecule has 1 amide bonds. The van der Waals surface area contributed by atoms with Crippen molar-refractivity contribution in [3.05, 3.63) is 0 Å². The molecule has 0 radical (unpaired) electrons. The lowest BCUT2D eigenvalue weighted by Crippen LogP contribution is -2.45.